The standard InChI is InChI=1S/C21H26ClN3O2S/c1-24(2)28(26,27)25-14-19(22)18-12-17(8-9-20(18)25)21(10-11-23-15-21)13-16-6-4-3-5-7-16/h3-7,9,12,14,17,23H,8,10-11,13,15H2,1-2H3. The van der Waals surface area contributed by atoms with Crippen molar-refractivity contribution in [3.05, 3.63) is 57.7 Å². The Hall–Kier alpha value is -1.60. The molecule has 4 rings (SSSR count). The van der Waals surface area contributed by atoms with Gasteiger partial charge in [0.15, 0.2) is 0 Å². The minimum Gasteiger partial charge on any atom is -0.316 e. The third-order valence-electron chi connectivity index (χ3n) is 6.11. The summed E-state index contributed by atoms with van der Waals surface area (Å²) in [4.78, 5) is 0. The first-order chi connectivity index (χ1) is 13.3. The van der Waals surface area contributed by atoms with Crippen molar-refractivity contribution < 1.29 is 8.42 Å². The number of nitrogens with one attached hydrogen (secondary N) is 1. The van der Waals surface area contributed by atoms with Crippen molar-refractivity contribution in [2.45, 2.75) is 19.3 Å². The molecule has 7 heteroatoms. The summed E-state index contributed by atoms with van der Waals surface area (Å²) >= 11 is 6.48. The van der Waals surface area contributed by atoms with Crippen LogP contribution < -0.4 is 15.9 Å². The molecule has 1 aliphatic heterocycles. The maximum absolute atomic E-state index is 12.6. The van der Waals surface area contributed by atoms with E-state index in [9.17, 15) is 8.42 Å². The second-order valence-corrected chi connectivity index (χ2v) is 10.5. The zero-order valence-corrected chi connectivity index (χ0v) is 17.8. The van der Waals surface area contributed by atoms with Gasteiger partial charge in [-0.15, -0.1) is 0 Å². The van der Waals surface area contributed by atoms with E-state index >= 15 is 0 Å². The van der Waals surface area contributed by atoms with E-state index in [1.165, 1.54) is 34.1 Å². The van der Waals surface area contributed by atoms with Gasteiger partial charge in [0.1, 0.15) is 0 Å². The fourth-order valence-electron chi connectivity index (χ4n) is 4.51. The lowest BCUT2D eigenvalue weighted by atomic mass is 9.68. The summed E-state index contributed by atoms with van der Waals surface area (Å²) in [5.74, 6) is 0.311. The van der Waals surface area contributed by atoms with Gasteiger partial charge < -0.3 is 5.32 Å². The maximum atomic E-state index is 12.6. The number of fused-ring (bicyclic) bond motifs is 1. The molecule has 1 aliphatic carbocycles. The van der Waals surface area contributed by atoms with E-state index in [0.29, 0.717) is 16.3 Å². The average Bonchev–Trinajstić information content (AvgIpc) is 3.28. The largest absolute Gasteiger partial charge is 0.316 e. The quantitative estimate of drug-likeness (QED) is 0.800. The lowest BCUT2D eigenvalue weighted by molar-refractivity contribution is 0.241. The summed E-state index contributed by atoms with van der Waals surface area (Å²) in [6, 6.07) is 10.6. The van der Waals surface area contributed by atoms with Crippen LogP contribution in [-0.4, -0.2) is 43.9 Å². The number of benzene rings is 1. The first-order valence-electron chi connectivity index (χ1n) is 9.60. The van der Waals surface area contributed by atoms with Crippen LogP contribution in [0.1, 0.15) is 18.4 Å². The number of halogens is 1. The maximum Gasteiger partial charge on any atom is 0.307 e. The number of nitrogens with zero attached hydrogens (tertiary/aromatic N) is 2. The van der Waals surface area contributed by atoms with E-state index in [1.54, 1.807) is 0 Å². The van der Waals surface area contributed by atoms with E-state index in [2.05, 4.69) is 35.7 Å². The number of aromatic nitrogens is 1. The molecule has 1 aromatic carbocycles. The Labute approximate surface area is 171 Å². The van der Waals surface area contributed by atoms with Gasteiger partial charge >= 0.3 is 10.2 Å². The van der Waals surface area contributed by atoms with Gasteiger partial charge in [0.05, 0.1) is 10.4 Å². The Kier molecular flexibility index (Phi) is 5.16. The van der Waals surface area contributed by atoms with Crippen molar-refractivity contribution in [2.24, 2.45) is 11.3 Å². The molecule has 28 heavy (non-hydrogen) atoms. The van der Waals surface area contributed by atoms with E-state index in [4.69, 9.17) is 11.6 Å². The van der Waals surface area contributed by atoms with Crippen LogP contribution in [0.2, 0.25) is 5.02 Å². The van der Waals surface area contributed by atoms with Crippen LogP contribution in [0.3, 0.4) is 0 Å². The number of rotatable bonds is 5. The van der Waals surface area contributed by atoms with Crippen LogP contribution >= 0.6 is 11.6 Å². The fourth-order valence-corrected chi connectivity index (χ4v) is 5.84. The van der Waals surface area contributed by atoms with Crippen molar-refractivity contribution in [1.82, 2.24) is 13.6 Å². The second-order valence-electron chi connectivity index (χ2n) is 8.03. The van der Waals surface area contributed by atoms with Gasteiger partial charge in [0.2, 0.25) is 0 Å². The van der Waals surface area contributed by atoms with Crippen LogP contribution in [0.4, 0.5) is 0 Å². The number of hydrogen-bond acceptors (Lipinski definition) is 3. The van der Waals surface area contributed by atoms with E-state index in [0.717, 1.165) is 37.6 Å². The van der Waals surface area contributed by atoms with Gasteiger partial charge in [-0.3, -0.25) is 0 Å². The van der Waals surface area contributed by atoms with Crippen molar-refractivity contribution in [2.75, 3.05) is 27.2 Å². The summed E-state index contributed by atoms with van der Waals surface area (Å²) in [7, 11) is -0.532. The predicted octanol–water partition coefficient (Wildman–Crippen LogP) is 1.60. The highest BCUT2D eigenvalue weighted by molar-refractivity contribution is 7.87. The molecule has 0 amide bonds. The van der Waals surface area contributed by atoms with Gasteiger partial charge in [0, 0.05) is 32.1 Å². The molecule has 2 heterocycles. The van der Waals surface area contributed by atoms with E-state index in [1.807, 2.05) is 12.1 Å². The van der Waals surface area contributed by atoms with E-state index < -0.39 is 10.2 Å². The Balaban J connectivity index is 1.76. The summed E-state index contributed by atoms with van der Waals surface area (Å²) in [5, 5.41) is 5.54. The molecule has 0 radical (unpaired) electrons. The van der Waals surface area contributed by atoms with Crippen molar-refractivity contribution in [3.63, 3.8) is 0 Å². The lowest BCUT2D eigenvalue weighted by Crippen LogP contribution is -2.43. The predicted molar refractivity (Wildman–Crippen MR) is 114 cm³/mol. The lowest BCUT2D eigenvalue weighted by Gasteiger charge is -2.36. The third kappa shape index (κ3) is 3.32. The Morgan fingerprint density at radius 3 is 2.68 bits per heavy atom. The fraction of sp³-hybridized carbons (Fsp3) is 0.429. The van der Waals surface area contributed by atoms with Crippen LogP contribution in [0.15, 0.2) is 36.5 Å². The minimum absolute atomic E-state index is 0.112. The van der Waals surface area contributed by atoms with Gasteiger partial charge in [-0.2, -0.15) is 12.7 Å². The van der Waals surface area contributed by atoms with Crippen molar-refractivity contribution in [1.29, 1.82) is 0 Å². The molecule has 150 valence electrons. The molecule has 0 saturated carbocycles. The van der Waals surface area contributed by atoms with Gasteiger partial charge in [-0.25, -0.2) is 3.97 Å². The third-order valence-corrected chi connectivity index (χ3v) is 8.13. The van der Waals surface area contributed by atoms with Gasteiger partial charge in [-0.05, 0) is 42.7 Å². The summed E-state index contributed by atoms with van der Waals surface area (Å²) in [6.07, 6.45) is 8.67. The molecule has 0 bridgehead atoms. The molecule has 2 unspecified atom stereocenters. The van der Waals surface area contributed by atoms with Crippen LogP contribution in [0.25, 0.3) is 12.2 Å². The SMILES string of the molecule is CN(C)S(=O)(=O)n1cc(Cl)c2c1=CCC(C1(Cc3ccccc3)CCNC1)C=2. The smallest absolute Gasteiger partial charge is 0.307 e. The molecule has 1 aromatic heterocycles. The van der Waals surface area contributed by atoms with E-state index in [-0.39, 0.29) is 5.41 Å². The van der Waals surface area contributed by atoms with Crippen LogP contribution in [-0.2, 0) is 16.6 Å². The van der Waals surface area contributed by atoms with Gasteiger partial charge in [-0.1, -0.05) is 54.1 Å². The average molecular weight is 420 g/mol. The molecular weight excluding hydrogens is 394 g/mol. The molecule has 2 aliphatic rings. The first-order valence-corrected chi connectivity index (χ1v) is 11.4. The molecule has 2 atom stereocenters. The molecular formula is C21H26ClN3O2S. The summed E-state index contributed by atoms with van der Waals surface area (Å²) < 4.78 is 27.8. The zero-order valence-electron chi connectivity index (χ0n) is 16.2. The first kappa shape index (κ1) is 19.7. The van der Waals surface area contributed by atoms with Gasteiger partial charge in [0.25, 0.3) is 0 Å². The van der Waals surface area contributed by atoms with Crippen molar-refractivity contribution >= 4 is 34.0 Å². The van der Waals surface area contributed by atoms with Crippen LogP contribution in [0, 0.1) is 11.3 Å². The number of hydrogen-bond donors (Lipinski definition) is 1. The summed E-state index contributed by atoms with van der Waals surface area (Å²) in [5.41, 5.74) is 1.45. The molecule has 2 aromatic rings. The molecule has 1 saturated heterocycles. The summed E-state index contributed by atoms with van der Waals surface area (Å²) in [6.45, 7) is 1.97. The normalized spacial score (nSPS) is 24.6. The Morgan fingerprint density at radius 1 is 1.29 bits per heavy atom. The monoisotopic (exact) mass is 419 g/mol. The minimum atomic E-state index is -3.60. The second kappa shape index (κ2) is 7.34. The topological polar surface area (TPSA) is 54.3 Å². The molecule has 5 nitrogen and oxygen atoms in total. The molecule has 1 N–H and O–H groups in total. The molecule has 1 fully saturated rings. The van der Waals surface area contributed by atoms with Crippen LogP contribution in [0.5, 0.6) is 0 Å². The molecule has 0 spiro atoms. The zero-order chi connectivity index (χ0) is 19.9. The highest BCUT2D eigenvalue weighted by Gasteiger charge is 2.40. The highest BCUT2D eigenvalue weighted by Crippen LogP contribution is 2.41. The highest BCUT2D eigenvalue weighted by atomic mass is 35.5. The van der Waals surface area contributed by atoms with Crippen molar-refractivity contribution in [3.8, 4) is 0 Å². The Bertz CT molecular complexity index is 1080. The Morgan fingerprint density at radius 2 is 2.04 bits per heavy atom.